The van der Waals surface area contributed by atoms with Gasteiger partial charge in [0.05, 0.1) is 29.7 Å². The van der Waals surface area contributed by atoms with Crippen LogP contribution in [0.1, 0.15) is 0 Å². The van der Waals surface area contributed by atoms with Crippen LogP contribution in [0.3, 0.4) is 0 Å². The summed E-state index contributed by atoms with van der Waals surface area (Å²) in [6.07, 6.45) is 0. The summed E-state index contributed by atoms with van der Waals surface area (Å²) in [7, 11) is -2.04. The van der Waals surface area contributed by atoms with Gasteiger partial charge in [-0.3, -0.25) is 0 Å². The maximum Gasteiger partial charge on any atom is 0.253 e. The molecule has 0 radical (unpaired) electrons. The highest BCUT2D eigenvalue weighted by Crippen LogP contribution is 2.27. The lowest BCUT2D eigenvalue weighted by Gasteiger charge is -2.26. The number of halogens is 1. The molecule has 0 saturated carbocycles. The van der Waals surface area contributed by atoms with E-state index < -0.39 is 10.0 Å². The van der Waals surface area contributed by atoms with Crippen LogP contribution in [-0.2, 0) is 14.8 Å². The van der Waals surface area contributed by atoms with E-state index in [2.05, 4.69) is 20.8 Å². The summed E-state index contributed by atoms with van der Waals surface area (Å²) in [5, 5.41) is 1.64. The van der Waals surface area contributed by atoms with Crippen LogP contribution < -0.4 is 9.57 Å². The topological polar surface area (TPSA) is 67.9 Å². The molecule has 1 fully saturated rings. The Morgan fingerprint density at radius 1 is 1.37 bits per heavy atom. The Morgan fingerprint density at radius 2 is 2.05 bits per heavy atom. The molecule has 0 aliphatic carbocycles. The molecule has 2 rings (SSSR count). The maximum absolute atomic E-state index is 12.2. The first-order valence-electron chi connectivity index (χ1n) is 5.71. The van der Waals surface area contributed by atoms with Gasteiger partial charge >= 0.3 is 0 Å². The van der Waals surface area contributed by atoms with Gasteiger partial charge in [0.25, 0.3) is 10.0 Å². The van der Waals surface area contributed by atoms with E-state index in [0.29, 0.717) is 36.5 Å². The van der Waals surface area contributed by atoms with Crippen molar-refractivity contribution < 1.29 is 17.9 Å². The van der Waals surface area contributed by atoms with Gasteiger partial charge in [-0.05, 0) is 34.1 Å². The number of methoxy groups -OCH3 is 1. The van der Waals surface area contributed by atoms with Gasteiger partial charge in [0.15, 0.2) is 0 Å². The van der Waals surface area contributed by atoms with Crippen molar-refractivity contribution in [1.29, 1.82) is 0 Å². The number of hydrogen-bond donors (Lipinski definition) is 1. The fourth-order valence-corrected chi connectivity index (χ4v) is 3.53. The number of hydrogen-bond acceptors (Lipinski definition) is 5. The van der Waals surface area contributed by atoms with E-state index in [9.17, 15) is 8.42 Å². The first-order valence-corrected chi connectivity index (χ1v) is 7.99. The number of morpholine rings is 1. The number of benzene rings is 1. The maximum atomic E-state index is 12.2. The van der Waals surface area contributed by atoms with Gasteiger partial charge in [-0.15, -0.1) is 4.83 Å². The fourth-order valence-electron chi connectivity index (χ4n) is 1.69. The van der Waals surface area contributed by atoms with Crippen molar-refractivity contribution in [3.8, 4) is 5.75 Å². The molecule has 1 aliphatic rings. The predicted octanol–water partition coefficient (Wildman–Crippen LogP) is 0.983. The second kappa shape index (κ2) is 6.19. The molecule has 0 bridgehead atoms. The lowest BCUT2D eigenvalue weighted by Crippen LogP contribution is -2.48. The smallest absolute Gasteiger partial charge is 0.253 e. The van der Waals surface area contributed by atoms with Crippen molar-refractivity contribution in [2.75, 3.05) is 33.4 Å². The van der Waals surface area contributed by atoms with Crippen molar-refractivity contribution in [2.24, 2.45) is 0 Å². The monoisotopic (exact) mass is 350 g/mol. The van der Waals surface area contributed by atoms with E-state index in [1.165, 1.54) is 19.2 Å². The number of nitrogens with zero attached hydrogens (tertiary/aromatic N) is 1. The van der Waals surface area contributed by atoms with E-state index in [4.69, 9.17) is 9.47 Å². The van der Waals surface area contributed by atoms with E-state index in [-0.39, 0.29) is 4.90 Å². The Bertz CT molecular complexity index is 544. The number of hydrazine groups is 1. The van der Waals surface area contributed by atoms with Crippen LogP contribution >= 0.6 is 15.9 Å². The summed E-state index contributed by atoms with van der Waals surface area (Å²) in [5.74, 6) is 0.588. The Balaban J connectivity index is 2.16. The third kappa shape index (κ3) is 3.67. The zero-order valence-electron chi connectivity index (χ0n) is 10.4. The molecule has 0 spiro atoms. The van der Waals surface area contributed by atoms with E-state index in [0.717, 1.165) is 0 Å². The number of nitrogens with one attached hydrogen (secondary N) is 1. The minimum absolute atomic E-state index is 0.187. The Morgan fingerprint density at radius 3 is 2.63 bits per heavy atom. The van der Waals surface area contributed by atoms with Crippen molar-refractivity contribution >= 4 is 26.0 Å². The molecule has 1 N–H and O–H groups in total. The minimum atomic E-state index is -3.57. The normalized spacial score (nSPS) is 17.4. The molecule has 0 aromatic heterocycles. The third-order valence-corrected chi connectivity index (χ3v) is 4.69. The highest BCUT2D eigenvalue weighted by Gasteiger charge is 2.20. The fraction of sp³-hybridized carbons (Fsp3) is 0.455. The number of ether oxygens (including phenoxy) is 2. The molecule has 0 unspecified atom stereocenters. The second-order valence-corrected chi connectivity index (χ2v) is 6.51. The Labute approximate surface area is 120 Å². The summed E-state index contributed by atoms with van der Waals surface area (Å²) in [6, 6.07) is 4.63. The van der Waals surface area contributed by atoms with Crippen molar-refractivity contribution in [3.05, 3.63) is 22.7 Å². The Hall–Kier alpha value is -0.670. The van der Waals surface area contributed by atoms with Crippen LogP contribution in [0, 0.1) is 0 Å². The first-order chi connectivity index (χ1) is 9.03. The first kappa shape index (κ1) is 14.7. The predicted molar refractivity (Wildman–Crippen MR) is 73.4 cm³/mol. The van der Waals surface area contributed by atoms with Crippen LogP contribution in [-0.4, -0.2) is 46.8 Å². The number of rotatable bonds is 4. The highest BCUT2D eigenvalue weighted by atomic mass is 79.9. The van der Waals surface area contributed by atoms with Crippen molar-refractivity contribution in [2.45, 2.75) is 4.90 Å². The van der Waals surface area contributed by atoms with Gasteiger partial charge in [0.2, 0.25) is 0 Å². The molecule has 1 heterocycles. The molecular weight excluding hydrogens is 336 g/mol. The van der Waals surface area contributed by atoms with Gasteiger partial charge in [0.1, 0.15) is 5.75 Å². The zero-order valence-corrected chi connectivity index (χ0v) is 12.8. The molecular formula is C11H15BrN2O4S. The Kier molecular flexibility index (Phi) is 4.80. The van der Waals surface area contributed by atoms with Crippen molar-refractivity contribution in [1.82, 2.24) is 9.84 Å². The van der Waals surface area contributed by atoms with Gasteiger partial charge < -0.3 is 9.47 Å². The van der Waals surface area contributed by atoms with Crippen molar-refractivity contribution in [3.63, 3.8) is 0 Å². The standard InChI is InChI=1S/C11H15BrN2O4S/c1-17-11-3-2-9(8-10(11)12)19(15,16)13-14-4-6-18-7-5-14/h2-3,8,13H,4-7H2,1H3. The van der Waals surface area contributed by atoms with Crippen LogP contribution in [0.5, 0.6) is 5.75 Å². The molecule has 1 aromatic carbocycles. The number of sulfonamides is 1. The van der Waals surface area contributed by atoms with Gasteiger partial charge in [-0.25, -0.2) is 13.4 Å². The molecule has 106 valence electrons. The quantitative estimate of drug-likeness (QED) is 0.876. The summed E-state index contributed by atoms with van der Waals surface area (Å²) in [6.45, 7) is 2.12. The van der Waals surface area contributed by atoms with E-state index in [1.54, 1.807) is 11.1 Å². The molecule has 8 heteroatoms. The summed E-state index contributed by atoms with van der Waals surface area (Å²) in [5.41, 5.74) is 0. The molecule has 6 nitrogen and oxygen atoms in total. The lowest BCUT2D eigenvalue weighted by atomic mass is 10.3. The summed E-state index contributed by atoms with van der Waals surface area (Å²) < 4.78 is 35.2. The molecule has 0 atom stereocenters. The highest BCUT2D eigenvalue weighted by molar-refractivity contribution is 9.10. The van der Waals surface area contributed by atoms with Gasteiger partial charge in [0, 0.05) is 13.1 Å². The molecule has 1 aliphatic heterocycles. The SMILES string of the molecule is COc1ccc(S(=O)(=O)NN2CCOCC2)cc1Br. The lowest BCUT2D eigenvalue weighted by molar-refractivity contribution is 0.0272. The van der Waals surface area contributed by atoms with Crippen LogP contribution in [0.25, 0.3) is 0 Å². The second-order valence-electron chi connectivity index (χ2n) is 3.99. The van der Waals surface area contributed by atoms with Crippen LogP contribution in [0.2, 0.25) is 0 Å². The largest absolute Gasteiger partial charge is 0.496 e. The summed E-state index contributed by atoms with van der Waals surface area (Å²) in [4.78, 5) is 2.73. The molecule has 1 saturated heterocycles. The zero-order chi connectivity index (χ0) is 13.9. The average Bonchev–Trinajstić information content (AvgIpc) is 2.39. The van der Waals surface area contributed by atoms with Gasteiger partial charge in [-0.2, -0.15) is 0 Å². The third-order valence-electron chi connectivity index (χ3n) is 2.69. The minimum Gasteiger partial charge on any atom is -0.496 e. The summed E-state index contributed by atoms with van der Waals surface area (Å²) >= 11 is 3.27. The average molecular weight is 351 g/mol. The van der Waals surface area contributed by atoms with Crippen LogP contribution in [0.4, 0.5) is 0 Å². The van der Waals surface area contributed by atoms with E-state index >= 15 is 0 Å². The molecule has 1 aromatic rings. The van der Waals surface area contributed by atoms with Gasteiger partial charge in [-0.1, -0.05) is 0 Å². The van der Waals surface area contributed by atoms with E-state index in [1.807, 2.05) is 0 Å². The molecule has 19 heavy (non-hydrogen) atoms. The molecule has 0 amide bonds. The van der Waals surface area contributed by atoms with Crippen LogP contribution in [0.15, 0.2) is 27.6 Å².